The van der Waals surface area contributed by atoms with Crippen molar-refractivity contribution in [3.63, 3.8) is 0 Å². The van der Waals surface area contributed by atoms with Crippen molar-refractivity contribution < 1.29 is 9.84 Å². The molecule has 0 aliphatic carbocycles. The van der Waals surface area contributed by atoms with Gasteiger partial charge in [0.2, 0.25) is 0 Å². The number of benzene rings is 1. The topological polar surface area (TPSA) is 41.5 Å². The van der Waals surface area contributed by atoms with E-state index in [-0.39, 0.29) is 0 Å². The van der Waals surface area contributed by atoms with Crippen LogP contribution in [0, 0.1) is 0 Å². The summed E-state index contributed by atoms with van der Waals surface area (Å²) < 4.78 is 6.50. The second-order valence-electron chi connectivity index (χ2n) is 4.00. The predicted octanol–water partition coefficient (Wildman–Crippen LogP) is 2.33. The second-order valence-corrected chi connectivity index (χ2v) is 4.92. The molecule has 1 aromatic carbocycles. The Kier molecular flexibility index (Phi) is 7.44. The van der Waals surface area contributed by atoms with Gasteiger partial charge in [-0.2, -0.15) is 0 Å². The van der Waals surface area contributed by atoms with Gasteiger partial charge in [-0.25, -0.2) is 0 Å². The van der Waals surface area contributed by atoms with E-state index in [1.54, 1.807) is 0 Å². The number of nitrogens with one attached hydrogen (secondary N) is 1. The molecular formula is C13H20BrNO2. The second kappa shape index (κ2) is 8.64. The van der Waals surface area contributed by atoms with E-state index in [0.29, 0.717) is 19.8 Å². The first-order chi connectivity index (χ1) is 8.22. The summed E-state index contributed by atoms with van der Waals surface area (Å²) >= 11 is 3.41. The summed E-state index contributed by atoms with van der Waals surface area (Å²) in [5, 5.41) is 12.8. The summed E-state index contributed by atoms with van der Waals surface area (Å²) in [7, 11) is 0. The first-order valence-corrected chi connectivity index (χ1v) is 6.72. The molecule has 0 heterocycles. The van der Waals surface area contributed by atoms with Gasteiger partial charge in [-0.3, -0.25) is 0 Å². The van der Waals surface area contributed by atoms with Gasteiger partial charge in [0.05, 0.1) is 19.3 Å². The van der Waals surface area contributed by atoms with Gasteiger partial charge in [-0.1, -0.05) is 35.0 Å². The average Bonchev–Trinajstić information content (AvgIpc) is 2.29. The minimum atomic E-state index is -0.436. The molecule has 2 N–H and O–H groups in total. The maximum Gasteiger partial charge on any atom is 0.0897 e. The first-order valence-electron chi connectivity index (χ1n) is 5.93. The van der Waals surface area contributed by atoms with Crippen molar-refractivity contribution in [3.8, 4) is 0 Å². The van der Waals surface area contributed by atoms with Crippen LogP contribution < -0.4 is 5.32 Å². The molecule has 0 bridgehead atoms. The molecule has 0 aliphatic rings. The van der Waals surface area contributed by atoms with Crippen LogP contribution in [0.4, 0.5) is 0 Å². The lowest BCUT2D eigenvalue weighted by Gasteiger charge is -2.12. The minimum Gasteiger partial charge on any atom is -0.389 e. The number of aliphatic hydroxyl groups is 1. The van der Waals surface area contributed by atoms with Crippen molar-refractivity contribution in [2.24, 2.45) is 0 Å². The van der Waals surface area contributed by atoms with Gasteiger partial charge in [0.15, 0.2) is 0 Å². The van der Waals surface area contributed by atoms with Crippen molar-refractivity contribution in [1.29, 1.82) is 0 Å². The number of rotatable bonds is 8. The van der Waals surface area contributed by atoms with Crippen LogP contribution in [0.1, 0.15) is 18.9 Å². The zero-order valence-corrected chi connectivity index (χ0v) is 11.7. The van der Waals surface area contributed by atoms with Crippen LogP contribution in [-0.4, -0.2) is 30.9 Å². The van der Waals surface area contributed by atoms with Crippen LogP contribution in [0.5, 0.6) is 0 Å². The largest absolute Gasteiger partial charge is 0.389 e. The highest BCUT2D eigenvalue weighted by Gasteiger charge is 2.03. The zero-order chi connectivity index (χ0) is 12.5. The maximum absolute atomic E-state index is 9.61. The third-order valence-electron chi connectivity index (χ3n) is 2.27. The summed E-state index contributed by atoms with van der Waals surface area (Å²) in [5.74, 6) is 0. The van der Waals surface area contributed by atoms with E-state index in [1.807, 2.05) is 24.3 Å². The van der Waals surface area contributed by atoms with Gasteiger partial charge < -0.3 is 15.2 Å². The van der Waals surface area contributed by atoms with E-state index >= 15 is 0 Å². The van der Waals surface area contributed by atoms with Gasteiger partial charge >= 0.3 is 0 Å². The fourth-order valence-corrected chi connectivity index (χ4v) is 1.89. The van der Waals surface area contributed by atoms with Gasteiger partial charge in [0, 0.05) is 11.0 Å². The van der Waals surface area contributed by atoms with Crippen LogP contribution in [-0.2, 0) is 11.3 Å². The fraction of sp³-hybridized carbons (Fsp3) is 0.538. The molecule has 0 saturated heterocycles. The molecule has 0 saturated carbocycles. The average molecular weight is 302 g/mol. The molecule has 0 radical (unpaired) electrons. The van der Waals surface area contributed by atoms with Gasteiger partial charge in [0.1, 0.15) is 0 Å². The predicted molar refractivity (Wildman–Crippen MR) is 73.0 cm³/mol. The Morgan fingerprint density at radius 3 is 3.00 bits per heavy atom. The molecule has 1 rings (SSSR count). The molecule has 1 atom stereocenters. The fourth-order valence-electron chi connectivity index (χ4n) is 1.44. The minimum absolute atomic E-state index is 0.364. The van der Waals surface area contributed by atoms with Crippen LogP contribution in [0.25, 0.3) is 0 Å². The normalized spacial score (nSPS) is 12.6. The highest BCUT2D eigenvalue weighted by molar-refractivity contribution is 9.10. The Hall–Kier alpha value is -0.420. The Morgan fingerprint density at radius 1 is 1.47 bits per heavy atom. The number of halogens is 1. The standard InChI is InChI=1S/C13H20BrNO2/c1-2-6-15-8-13(16)10-17-9-11-4-3-5-12(14)7-11/h3-5,7,13,15-16H,2,6,8-10H2,1H3. The van der Waals surface area contributed by atoms with Crippen molar-refractivity contribution in [3.05, 3.63) is 34.3 Å². The molecule has 0 aromatic heterocycles. The lowest BCUT2D eigenvalue weighted by molar-refractivity contribution is 0.0289. The Balaban J connectivity index is 2.14. The van der Waals surface area contributed by atoms with Crippen molar-refractivity contribution >= 4 is 15.9 Å². The zero-order valence-electron chi connectivity index (χ0n) is 10.2. The van der Waals surface area contributed by atoms with Gasteiger partial charge in [-0.15, -0.1) is 0 Å². The monoisotopic (exact) mass is 301 g/mol. The highest BCUT2D eigenvalue weighted by atomic mass is 79.9. The van der Waals surface area contributed by atoms with Crippen molar-refractivity contribution in [2.45, 2.75) is 26.1 Å². The molecule has 0 spiro atoms. The van der Waals surface area contributed by atoms with Crippen LogP contribution in [0.3, 0.4) is 0 Å². The summed E-state index contributed by atoms with van der Waals surface area (Å²) in [4.78, 5) is 0. The lowest BCUT2D eigenvalue weighted by Crippen LogP contribution is -2.30. The first kappa shape index (κ1) is 14.6. The van der Waals surface area contributed by atoms with E-state index < -0.39 is 6.10 Å². The molecule has 96 valence electrons. The lowest BCUT2D eigenvalue weighted by atomic mass is 10.2. The summed E-state index contributed by atoms with van der Waals surface area (Å²) in [6.45, 7) is 4.52. The molecule has 1 unspecified atom stereocenters. The Labute approximate surface area is 111 Å². The van der Waals surface area contributed by atoms with Crippen molar-refractivity contribution in [1.82, 2.24) is 5.32 Å². The van der Waals surface area contributed by atoms with E-state index in [0.717, 1.165) is 23.0 Å². The molecule has 0 amide bonds. The summed E-state index contributed by atoms with van der Waals surface area (Å²) in [6, 6.07) is 7.98. The van der Waals surface area contributed by atoms with Gasteiger partial charge in [0.25, 0.3) is 0 Å². The maximum atomic E-state index is 9.61. The Bertz CT molecular complexity index is 320. The SMILES string of the molecule is CCCNCC(O)COCc1cccc(Br)c1. The molecule has 0 fully saturated rings. The number of aliphatic hydroxyl groups excluding tert-OH is 1. The molecule has 3 nitrogen and oxygen atoms in total. The van der Waals surface area contributed by atoms with E-state index in [4.69, 9.17) is 4.74 Å². The smallest absolute Gasteiger partial charge is 0.0897 e. The third-order valence-corrected chi connectivity index (χ3v) is 2.77. The van der Waals surface area contributed by atoms with E-state index in [1.165, 1.54) is 0 Å². The number of hydrogen-bond acceptors (Lipinski definition) is 3. The Morgan fingerprint density at radius 2 is 2.29 bits per heavy atom. The molecule has 4 heteroatoms. The highest BCUT2D eigenvalue weighted by Crippen LogP contribution is 2.12. The van der Waals surface area contributed by atoms with Crippen molar-refractivity contribution in [2.75, 3.05) is 19.7 Å². The quantitative estimate of drug-likeness (QED) is 0.724. The van der Waals surface area contributed by atoms with Crippen LogP contribution in [0.15, 0.2) is 28.7 Å². The summed E-state index contributed by atoms with van der Waals surface area (Å²) in [5.41, 5.74) is 1.10. The number of ether oxygens (including phenoxy) is 1. The van der Waals surface area contributed by atoms with Crippen LogP contribution >= 0.6 is 15.9 Å². The molecular weight excluding hydrogens is 282 g/mol. The van der Waals surface area contributed by atoms with Crippen LogP contribution in [0.2, 0.25) is 0 Å². The molecule has 0 aliphatic heterocycles. The van der Waals surface area contributed by atoms with E-state index in [2.05, 4.69) is 28.2 Å². The molecule has 17 heavy (non-hydrogen) atoms. The third kappa shape index (κ3) is 6.78. The summed E-state index contributed by atoms with van der Waals surface area (Å²) in [6.07, 6.45) is 0.639. The van der Waals surface area contributed by atoms with E-state index in [9.17, 15) is 5.11 Å². The number of hydrogen-bond donors (Lipinski definition) is 2. The van der Waals surface area contributed by atoms with Gasteiger partial charge in [-0.05, 0) is 30.7 Å². The molecule has 1 aromatic rings.